The van der Waals surface area contributed by atoms with E-state index >= 15 is 0 Å². The summed E-state index contributed by atoms with van der Waals surface area (Å²) in [7, 11) is 0. The fourth-order valence-corrected chi connectivity index (χ4v) is 5.61. The summed E-state index contributed by atoms with van der Waals surface area (Å²) in [6, 6.07) is 8.06. The molecule has 2 amide bonds. The molecular formula is C24H28N4O5S2. The van der Waals surface area contributed by atoms with Gasteiger partial charge in [-0.2, -0.15) is 0 Å². The summed E-state index contributed by atoms with van der Waals surface area (Å²) in [6.45, 7) is 7.52. The van der Waals surface area contributed by atoms with Gasteiger partial charge >= 0.3 is 12.1 Å². The first-order chi connectivity index (χ1) is 16.6. The quantitative estimate of drug-likeness (QED) is 0.512. The molecule has 1 aromatic carbocycles. The molecule has 0 aliphatic carbocycles. The molecule has 3 aromatic rings. The fraction of sp³-hybridized carbons (Fsp3) is 0.417. The van der Waals surface area contributed by atoms with Crippen molar-refractivity contribution in [1.82, 2.24) is 15.2 Å². The number of benzene rings is 1. The number of piperazine rings is 1. The largest absolute Gasteiger partial charge is 0.478 e. The number of fused-ring (bicyclic) bond motifs is 1. The number of carbonyl (C=O) groups is 3. The molecule has 1 fully saturated rings. The lowest BCUT2D eigenvalue weighted by Gasteiger charge is -2.36. The average molecular weight is 517 g/mol. The number of rotatable bonds is 6. The first-order valence-corrected chi connectivity index (χ1v) is 13.0. The molecule has 2 aromatic heterocycles. The zero-order valence-corrected chi connectivity index (χ0v) is 21.4. The number of carboxylic acids is 1. The topological polar surface area (TPSA) is 112 Å². The first kappa shape index (κ1) is 24.9. The number of hydrogen-bond acceptors (Lipinski definition) is 8. The summed E-state index contributed by atoms with van der Waals surface area (Å²) in [5.74, 6) is -1.11. The van der Waals surface area contributed by atoms with Gasteiger partial charge in [-0.25, -0.2) is 14.6 Å². The standard InChI is InChI=1S/C24H28N4O5S2/c1-24(2,3)33-23(32)26-18(14-16-5-4-12-34-16)20(29)27-8-10-28(11-9-27)22-25-17-7-6-15(21(30)31)13-19(17)35-22/h4-7,12-13,18H,8-11,14H2,1-3H3,(H,26,32)(H,30,31). The maximum absolute atomic E-state index is 13.4. The van der Waals surface area contributed by atoms with E-state index in [1.54, 1.807) is 55.2 Å². The third-order valence-electron chi connectivity index (χ3n) is 5.46. The Morgan fingerprint density at radius 2 is 1.91 bits per heavy atom. The second kappa shape index (κ2) is 10.2. The van der Waals surface area contributed by atoms with Crippen LogP contribution in [0.1, 0.15) is 36.0 Å². The van der Waals surface area contributed by atoms with Crippen molar-refractivity contribution in [3.05, 3.63) is 46.2 Å². The maximum atomic E-state index is 13.4. The smallest absolute Gasteiger partial charge is 0.408 e. The lowest BCUT2D eigenvalue weighted by Crippen LogP contribution is -2.56. The number of hydrogen-bond donors (Lipinski definition) is 2. The van der Waals surface area contributed by atoms with E-state index in [9.17, 15) is 19.5 Å². The Morgan fingerprint density at radius 1 is 1.17 bits per heavy atom. The van der Waals surface area contributed by atoms with Crippen LogP contribution >= 0.6 is 22.7 Å². The van der Waals surface area contributed by atoms with Crippen molar-refractivity contribution >= 4 is 56.0 Å². The van der Waals surface area contributed by atoms with Gasteiger partial charge in [0.15, 0.2) is 5.13 Å². The Bertz CT molecular complexity index is 1210. The predicted octanol–water partition coefficient (Wildman–Crippen LogP) is 3.84. The highest BCUT2D eigenvalue weighted by atomic mass is 32.1. The predicted molar refractivity (Wildman–Crippen MR) is 137 cm³/mol. The van der Waals surface area contributed by atoms with Crippen LogP contribution in [0, 0.1) is 0 Å². The molecule has 2 N–H and O–H groups in total. The van der Waals surface area contributed by atoms with Crippen molar-refractivity contribution in [3.63, 3.8) is 0 Å². The molecule has 1 saturated heterocycles. The molecule has 0 bridgehead atoms. The minimum absolute atomic E-state index is 0.140. The van der Waals surface area contributed by atoms with Gasteiger partial charge in [0.1, 0.15) is 11.6 Å². The molecule has 0 spiro atoms. The third-order valence-corrected chi connectivity index (χ3v) is 7.44. The van der Waals surface area contributed by atoms with Crippen LogP contribution in [0.3, 0.4) is 0 Å². The number of aromatic carboxylic acids is 1. The molecule has 1 aliphatic rings. The van der Waals surface area contributed by atoms with Gasteiger partial charge in [-0.05, 0) is 50.4 Å². The molecular weight excluding hydrogens is 488 g/mol. The number of ether oxygens (including phenoxy) is 1. The molecule has 0 radical (unpaired) electrons. The Labute approximate surface area is 211 Å². The molecule has 9 nitrogen and oxygen atoms in total. The fourth-order valence-electron chi connectivity index (χ4n) is 3.80. The summed E-state index contributed by atoms with van der Waals surface area (Å²) in [5.41, 5.74) is 0.331. The maximum Gasteiger partial charge on any atom is 0.408 e. The van der Waals surface area contributed by atoms with Gasteiger partial charge in [0.25, 0.3) is 0 Å². The number of anilines is 1. The zero-order chi connectivity index (χ0) is 25.2. The van der Waals surface area contributed by atoms with Gasteiger partial charge < -0.3 is 25.0 Å². The summed E-state index contributed by atoms with van der Waals surface area (Å²) in [5, 5.41) is 14.7. The molecule has 0 saturated carbocycles. The minimum Gasteiger partial charge on any atom is -0.478 e. The molecule has 3 heterocycles. The third kappa shape index (κ3) is 6.29. The summed E-state index contributed by atoms with van der Waals surface area (Å²) in [6.07, 6.45) is -0.207. The number of nitrogens with one attached hydrogen (secondary N) is 1. The Balaban J connectivity index is 1.42. The molecule has 186 valence electrons. The zero-order valence-electron chi connectivity index (χ0n) is 19.8. The Kier molecular flexibility index (Phi) is 7.27. The lowest BCUT2D eigenvalue weighted by molar-refractivity contribution is -0.133. The van der Waals surface area contributed by atoms with Crippen LogP contribution in [-0.4, -0.2) is 70.8 Å². The van der Waals surface area contributed by atoms with Gasteiger partial charge in [-0.1, -0.05) is 17.4 Å². The van der Waals surface area contributed by atoms with E-state index in [0.29, 0.717) is 32.6 Å². The van der Waals surface area contributed by atoms with E-state index in [4.69, 9.17) is 4.74 Å². The average Bonchev–Trinajstić information content (AvgIpc) is 3.46. The number of thiophene rings is 1. The number of amides is 2. The monoisotopic (exact) mass is 516 g/mol. The number of thiazole rings is 1. The normalized spacial score (nSPS) is 15.2. The number of aromatic nitrogens is 1. The summed E-state index contributed by atoms with van der Waals surface area (Å²) in [4.78, 5) is 46.6. The van der Waals surface area contributed by atoms with Gasteiger partial charge in [0.2, 0.25) is 5.91 Å². The van der Waals surface area contributed by atoms with Crippen molar-refractivity contribution in [1.29, 1.82) is 0 Å². The molecule has 35 heavy (non-hydrogen) atoms. The van der Waals surface area contributed by atoms with Crippen molar-refractivity contribution in [2.75, 3.05) is 31.1 Å². The lowest BCUT2D eigenvalue weighted by atomic mass is 10.1. The van der Waals surface area contributed by atoms with Crippen molar-refractivity contribution in [2.24, 2.45) is 0 Å². The van der Waals surface area contributed by atoms with Gasteiger partial charge in [-0.3, -0.25) is 4.79 Å². The molecule has 1 aliphatic heterocycles. The second-order valence-electron chi connectivity index (χ2n) is 9.28. The van der Waals surface area contributed by atoms with Crippen LogP contribution in [0.2, 0.25) is 0 Å². The highest BCUT2D eigenvalue weighted by Gasteiger charge is 2.31. The van der Waals surface area contributed by atoms with Crippen LogP contribution < -0.4 is 10.2 Å². The molecule has 4 rings (SSSR count). The second-order valence-corrected chi connectivity index (χ2v) is 11.3. The van der Waals surface area contributed by atoms with E-state index in [1.807, 2.05) is 17.5 Å². The number of nitrogens with zero attached hydrogens (tertiary/aromatic N) is 3. The number of carbonyl (C=O) groups excluding carboxylic acids is 2. The van der Waals surface area contributed by atoms with E-state index in [2.05, 4.69) is 15.2 Å². The van der Waals surface area contributed by atoms with E-state index < -0.39 is 23.7 Å². The van der Waals surface area contributed by atoms with Crippen LogP contribution in [0.25, 0.3) is 10.2 Å². The highest BCUT2D eigenvalue weighted by molar-refractivity contribution is 7.22. The first-order valence-electron chi connectivity index (χ1n) is 11.3. The molecule has 1 unspecified atom stereocenters. The minimum atomic E-state index is -0.967. The van der Waals surface area contributed by atoms with Crippen LogP contribution in [0.5, 0.6) is 0 Å². The van der Waals surface area contributed by atoms with Crippen LogP contribution in [-0.2, 0) is 16.0 Å². The number of alkyl carbamates (subject to hydrolysis) is 1. The summed E-state index contributed by atoms with van der Waals surface area (Å²) >= 11 is 2.99. The Morgan fingerprint density at radius 3 is 2.54 bits per heavy atom. The molecule has 11 heteroatoms. The van der Waals surface area contributed by atoms with Crippen LogP contribution in [0.4, 0.5) is 9.93 Å². The number of carboxylic acid groups (broad SMARTS) is 1. The van der Waals surface area contributed by atoms with Crippen molar-refractivity contribution in [2.45, 2.75) is 38.8 Å². The van der Waals surface area contributed by atoms with Gasteiger partial charge in [-0.15, -0.1) is 11.3 Å². The van der Waals surface area contributed by atoms with Crippen molar-refractivity contribution in [3.8, 4) is 0 Å². The van der Waals surface area contributed by atoms with Crippen molar-refractivity contribution < 1.29 is 24.2 Å². The highest BCUT2D eigenvalue weighted by Crippen LogP contribution is 2.30. The van der Waals surface area contributed by atoms with E-state index in [1.165, 1.54) is 11.3 Å². The van der Waals surface area contributed by atoms with Crippen LogP contribution in [0.15, 0.2) is 35.7 Å². The van der Waals surface area contributed by atoms with Gasteiger partial charge in [0.05, 0.1) is 15.8 Å². The SMILES string of the molecule is CC(C)(C)OC(=O)NC(Cc1cccs1)C(=O)N1CCN(c2nc3ccc(C(=O)O)cc3s2)CC1. The van der Waals surface area contributed by atoms with Gasteiger partial charge in [0, 0.05) is 37.5 Å². The van der Waals surface area contributed by atoms with E-state index in [-0.39, 0.29) is 11.5 Å². The molecule has 1 atom stereocenters. The van der Waals surface area contributed by atoms with E-state index in [0.717, 1.165) is 20.2 Å². The summed E-state index contributed by atoms with van der Waals surface area (Å²) < 4.78 is 6.20. The Hall–Kier alpha value is -3.18.